The fraction of sp³-hybridized carbons (Fsp3) is 0.250. The first-order valence-corrected chi connectivity index (χ1v) is 9.53. The van der Waals surface area contributed by atoms with Gasteiger partial charge < -0.3 is 18.9 Å². The van der Waals surface area contributed by atoms with Crippen molar-refractivity contribution in [2.24, 2.45) is 0 Å². The van der Waals surface area contributed by atoms with Crippen LogP contribution < -0.4 is 18.9 Å². The summed E-state index contributed by atoms with van der Waals surface area (Å²) in [6.07, 6.45) is 0. The molecule has 0 aliphatic carbocycles. The van der Waals surface area contributed by atoms with Gasteiger partial charge in [-0.15, -0.1) is 0 Å². The van der Waals surface area contributed by atoms with Gasteiger partial charge in [0.1, 0.15) is 17.2 Å². The highest BCUT2D eigenvalue weighted by Crippen LogP contribution is 2.46. The average molecular weight is 452 g/mol. The maximum Gasteiger partial charge on any atom is 0.214 e. The Bertz CT molecular complexity index is 876. The van der Waals surface area contributed by atoms with Gasteiger partial charge in [0, 0.05) is 10.5 Å². The lowest BCUT2D eigenvalue weighted by Crippen LogP contribution is -2.08. The molecule has 0 amide bonds. The Labute approximate surface area is 159 Å². The number of hydrogen-bond donors (Lipinski definition) is 0. The van der Waals surface area contributed by atoms with Gasteiger partial charge in [-0.1, -0.05) is 11.6 Å². The van der Waals surface area contributed by atoms with Crippen LogP contribution in [0.15, 0.2) is 38.5 Å². The predicted octanol–water partition coefficient (Wildman–Crippen LogP) is 3.97. The molecule has 0 N–H and O–H groups in total. The second-order valence-corrected chi connectivity index (χ2v) is 7.91. The third-order valence-electron chi connectivity index (χ3n) is 3.42. The zero-order chi connectivity index (χ0) is 18.8. The molecule has 9 heteroatoms. The maximum absolute atomic E-state index is 13.2. The van der Waals surface area contributed by atoms with Crippen molar-refractivity contribution < 1.29 is 27.4 Å². The summed E-state index contributed by atoms with van der Waals surface area (Å²) in [6, 6.07) is 5.80. The predicted molar refractivity (Wildman–Crippen MR) is 97.3 cm³/mol. The summed E-state index contributed by atoms with van der Waals surface area (Å²) < 4.78 is 47.7. The van der Waals surface area contributed by atoms with E-state index in [1.165, 1.54) is 46.6 Å². The number of rotatable bonds is 6. The molecular weight excluding hydrogens is 436 g/mol. The zero-order valence-corrected chi connectivity index (χ0v) is 17.1. The second kappa shape index (κ2) is 7.72. The van der Waals surface area contributed by atoms with Crippen molar-refractivity contribution in [3.63, 3.8) is 0 Å². The summed E-state index contributed by atoms with van der Waals surface area (Å²) in [5.74, 6) is 0.739. The van der Waals surface area contributed by atoms with Crippen molar-refractivity contribution in [3.8, 4) is 23.0 Å². The van der Waals surface area contributed by atoms with Crippen LogP contribution in [0.3, 0.4) is 0 Å². The Morgan fingerprint density at radius 2 is 1.44 bits per heavy atom. The van der Waals surface area contributed by atoms with Crippen molar-refractivity contribution in [1.82, 2.24) is 0 Å². The highest BCUT2D eigenvalue weighted by Gasteiger charge is 2.31. The largest absolute Gasteiger partial charge is 0.497 e. The van der Waals surface area contributed by atoms with E-state index in [2.05, 4.69) is 15.9 Å². The molecule has 136 valence electrons. The van der Waals surface area contributed by atoms with Crippen LogP contribution in [-0.2, 0) is 9.84 Å². The van der Waals surface area contributed by atoms with E-state index in [4.69, 9.17) is 30.5 Å². The van der Waals surface area contributed by atoms with E-state index in [0.29, 0.717) is 16.0 Å². The first-order valence-electron chi connectivity index (χ1n) is 6.88. The topological polar surface area (TPSA) is 71.1 Å². The molecule has 25 heavy (non-hydrogen) atoms. The van der Waals surface area contributed by atoms with Gasteiger partial charge in [0.25, 0.3) is 0 Å². The molecule has 0 fully saturated rings. The average Bonchev–Trinajstić information content (AvgIpc) is 2.62. The van der Waals surface area contributed by atoms with E-state index in [9.17, 15) is 8.42 Å². The lowest BCUT2D eigenvalue weighted by Gasteiger charge is -2.17. The number of benzene rings is 2. The number of ether oxygens (including phenoxy) is 4. The Kier molecular flexibility index (Phi) is 6.08. The van der Waals surface area contributed by atoms with E-state index in [1.807, 2.05) is 0 Å². The minimum atomic E-state index is -4.04. The fourth-order valence-electron chi connectivity index (χ4n) is 2.21. The third-order valence-corrected chi connectivity index (χ3v) is 6.43. The van der Waals surface area contributed by atoms with E-state index < -0.39 is 9.84 Å². The molecule has 0 unspecified atom stereocenters. The molecule has 6 nitrogen and oxygen atoms in total. The van der Waals surface area contributed by atoms with Gasteiger partial charge in [0.05, 0.1) is 38.4 Å². The van der Waals surface area contributed by atoms with Crippen LogP contribution >= 0.6 is 27.5 Å². The van der Waals surface area contributed by atoms with Crippen molar-refractivity contribution in [3.05, 3.63) is 33.8 Å². The van der Waals surface area contributed by atoms with Crippen LogP contribution in [0.2, 0.25) is 5.02 Å². The van der Waals surface area contributed by atoms with Crippen LogP contribution in [0, 0.1) is 0 Å². The molecule has 0 saturated heterocycles. The summed E-state index contributed by atoms with van der Waals surface area (Å²) in [4.78, 5) is -0.223. The van der Waals surface area contributed by atoms with E-state index in [1.54, 1.807) is 6.07 Å². The van der Waals surface area contributed by atoms with Gasteiger partial charge in [-0.2, -0.15) is 0 Å². The first kappa shape index (κ1) is 19.7. The molecule has 2 aromatic rings. The Morgan fingerprint density at radius 3 is 1.88 bits per heavy atom. The molecule has 0 aromatic heterocycles. The van der Waals surface area contributed by atoms with Gasteiger partial charge in [0.2, 0.25) is 9.84 Å². The standard InChI is InChI=1S/C16H16BrClO6S/c1-21-9-5-10(22-2)7-11(6-9)25(19,20)16-13(23-3)8-12(17)14(18)15(16)24-4/h5-8H,1-4H3. The van der Waals surface area contributed by atoms with Crippen molar-refractivity contribution in [2.75, 3.05) is 28.4 Å². The third kappa shape index (κ3) is 3.65. The van der Waals surface area contributed by atoms with Crippen LogP contribution in [0.25, 0.3) is 0 Å². The molecule has 0 aliphatic rings. The lowest BCUT2D eigenvalue weighted by atomic mass is 10.3. The maximum atomic E-state index is 13.2. The van der Waals surface area contributed by atoms with Gasteiger partial charge >= 0.3 is 0 Å². The summed E-state index contributed by atoms with van der Waals surface area (Å²) in [6.45, 7) is 0. The Morgan fingerprint density at radius 1 is 0.880 bits per heavy atom. The van der Waals surface area contributed by atoms with Crippen molar-refractivity contribution in [2.45, 2.75) is 9.79 Å². The van der Waals surface area contributed by atoms with Gasteiger partial charge in [-0.3, -0.25) is 0 Å². The van der Waals surface area contributed by atoms with Crippen molar-refractivity contribution in [1.29, 1.82) is 0 Å². The fourth-order valence-corrected chi connectivity index (χ4v) is 4.49. The van der Waals surface area contributed by atoms with E-state index in [0.717, 1.165) is 0 Å². The molecule has 2 rings (SSSR count). The molecule has 0 aliphatic heterocycles. The van der Waals surface area contributed by atoms with E-state index in [-0.39, 0.29) is 26.3 Å². The lowest BCUT2D eigenvalue weighted by molar-refractivity contribution is 0.372. The molecule has 0 atom stereocenters. The molecule has 0 spiro atoms. The molecule has 0 saturated carbocycles. The smallest absolute Gasteiger partial charge is 0.214 e. The number of methoxy groups -OCH3 is 4. The van der Waals surface area contributed by atoms with Crippen LogP contribution in [0.1, 0.15) is 0 Å². The highest BCUT2D eigenvalue weighted by atomic mass is 79.9. The molecular formula is C16H16BrClO6S. The van der Waals surface area contributed by atoms with E-state index >= 15 is 0 Å². The quantitative estimate of drug-likeness (QED) is 0.662. The monoisotopic (exact) mass is 450 g/mol. The zero-order valence-electron chi connectivity index (χ0n) is 13.9. The summed E-state index contributed by atoms with van der Waals surface area (Å²) >= 11 is 9.45. The van der Waals surface area contributed by atoms with Crippen LogP contribution in [-0.4, -0.2) is 36.9 Å². The molecule has 2 aromatic carbocycles. The SMILES string of the molecule is COc1cc(OC)cc(S(=O)(=O)c2c(OC)cc(Br)c(Cl)c2OC)c1. The van der Waals surface area contributed by atoms with Crippen LogP contribution in [0.5, 0.6) is 23.0 Å². The highest BCUT2D eigenvalue weighted by molar-refractivity contribution is 9.10. The van der Waals surface area contributed by atoms with Gasteiger partial charge in [0.15, 0.2) is 10.6 Å². The minimum Gasteiger partial charge on any atom is -0.497 e. The number of sulfone groups is 1. The summed E-state index contributed by atoms with van der Waals surface area (Å²) in [5.41, 5.74) is 0. The Balaban J connectivity index is 2.83. The molecule has 0 radical (unpaired) electrons. The minimum absolute atomic E-state index is 0.0188. The second-order valence-electron chi connectivity index (χ2n) is 4.79. The Hall–Kier alpha value is -1.64. The van der Waals surface area contributed by atoms with Crippen LogP contribution in [0.4, 0.5) is 0 Å². The van der Waals surface area contributed by atoms with Crippen molar-refractivity contribution >= 4 is 37.4 Å². The summed E-state index contributed by atoms with van der Waals surface area (Å²) in [5, 5.41) is 0.122. The van der Waals surface area contributed by atoms with Gasteiger partial charge in [-0.25, -0.2) is 8.42 Å². The van der Waals surface area contributed by atoms with Gasteiger partial charge in [-0.05, 0) is 34.1 Å². The molecule has 0 bridgehead atoms. The first-order chi connectivity index (χ1) is 11.8. The number of hydrogen-bond acceptors (Lipinski definition) is 6. The molecule has 0 heterocycles. The number of halogens is 2. The normalized spacial score (nSPS) is 11.1. The summed E-state index contributed by atoms with van der Waals surface area (Å²) in [7, 11) is 1.52.